The highest BCUT2D eigenvalue weighted by atomic mass is 16.7. The maximum atomic E-state index is 12.3. The minimum Gasteiger partial charge on any atom is -0.481 e. The Morgan fingerprint density at radius 2 is 1.13 bits per heavy atom. The summed E-state index contributed by atoms with van der Waals surface area (Å²) in [6.45, 7) is 0.505. The molecule has 8 aliphatic rings. The number of ether oxygens (including phenoxy) is 4. The summed E-state index contributed by atoms with van der Waals surface area (Å²) in [5, 5.41) is 19.5. The van der Waals surface area contributed by atoms with Crippen LogP contribution in [-0.2, 0) is 22.4 Å². The average Bonchev–Trinajstić information content (AvgIpc) is 3.71. The van der Waals surface area contributed by atoms with Crippen molar-refractivity contribution in [1.29, 1.82) is 0 Å². The first kappa shape index (κ1) is 28.3. The number of carboxylic acids is 2. The molecule has 2 N–H and O–H groups in total. The highest BCUT2D eigenvalue weighted by Crippen LogP contribution is 2.71. The molecule has 3 saturated carbocycles. The quantitative estimate of drug-likeness (QED) is 0.299. The van der Waals surface area contributed by atoms with Gasteiger partial charge in [0.1, 0.15) is 0 Å². The van der Waals surface area contributed by atoms with Crippen LogP contribution in [0.4, 0.5) is 0 Å². The minimum atomic E-state index is -0.729. The van der Waals surface area contributed by atoms with E-state index < -0.39 is 11.9 Å². The summed E-state index contributed by atoms with van der Waals surface area (Å²) in [4.78, 5) is 23.7. The highest BCUT2D eigenvalue weighted by Gasteiger charge is 2.67. The molecule has 2 heterocycles. The first-order chi connectivity index (χ1) is 22.4. The molecule has 10 rings (SSSR count). The number of benzene rings is 2. The molecule has 0 radical (unpaired) electrons. The number of carbonyl (C=O) groups is 2. The lowest BCUT2D eigenvalue weighted by Crippen LogP contribution is -2.67. The van der Waals surface area contributed by atoms with Gasteiger partial charge in [0.2, 0.25) is 13.6 Å². The van der Waals surface area contributed by atoms with Crippen molar-refractivity contribution in [1.82, 2.24) is 0 Å². The molecule has 3 fully saturated rings. The third kappa shape index (κ3) is 4.39. The van der Waals surface area contributed by atoms with E-state index in [2.05, 4.69) is 48.6 Å². The van der Waals surface area contributed by atoms with Gasteiger partial charge in [0, 0.05) is 12.8 Å². The standard InChI is InChI=1S/C38H40O8/c39-33(40)3-1-2-21-27(13-20-5-11-30-32(15-20)46-18-44-30)37-23-8-9-25(35(21)37)36-22(23)6-7-24-26(28(38(24)36)16-34(41)42)12-19-4-10-29-31(14-19)45-17-43-29/h4-11,14-15,21-28,35-38H,1-3,12-13,16-18H2,(H,39,40)(H,41,42)/t21-,22-,23+,24-,25+,26+,27-,28-,35-,36-,37-,38-/m0/s1. The van der Waals surface area contributed by atoms with Gasteiger partial charge >= 0.3 is 11.9 Å². The summed E-state index contributed by atoms with van der Waals surface area (Å²) < 4.78 is 22.4. The minimum absolute atomic E-state index is 0.131. The van der Waals surface area contributed by atoms with E-state index in [-0.39, 0.29) is 38.3 Å². The van der Waals surface area contributed by atoms with Gasteiger partial charge in [0.15, 0.2) is 23.0 Å². The molecule has 12 atom stereocenters. The summed E-state index contributed by atoms with van der Waals surface area (Å²) in [5.41, 5.74) is 2.43. The molecule has 240 valence electrons. The number of carboxylic acid groups (broad SMARTS) is 2. The second kappa shape index (κ2) is 10.8. The topological polar surface area (TPSA) is 112 Å². The number of aliphatic carboxylic acids is 2. The lowest BCUT2D eigenvalue weighted by Gasteiger charge is -2.71. The van der Waals surface area contributed by atoms with Gasteiger partial charge in [-0.15, -0.1) is 0 Å². The lowest BCUT2D eigenvalue weighted by molar-refractivity contribution is -0.192. The predicted molar refractivity (Wildman–Crippen MR) is 166 cm³/mol. The largest absolute Gasteiger partial charge is 0.481 e. The molecule has 6 aliphatic carbocycles. The van der Waals surface area contributed by atoms with Crippen molar-refractivity contribution in [3.05, 3.63) is 71.8 Å². The zero-order valence-electron chi connectivity index (χ0n) is 25.7. The Bertz CT molecular complexity index is 1630. The highest BCUT2D eigenvalue weighted by molar-refractivity contribution is 5.67. The van der Waals surface area contributed by atoms with E-state index >= 15 is 0 Å². The molecule has 2 aromatic rings. The monoisotopic (exact) mass is 624 g/mol. The number of allylic oxidation sites excluding steroid dienone is 4. The van der Waals surface area contributed by atoms with Crippen molar-refractivity contribution in [3.63, 3.8) is 0 Å². The Kier molecular flexibility index (Phi) is 6.65. The molecule has 8 heteroatoms. The Morgan fingerprint density at radius 3 is 1.78 bits per heavy atom. The van der Waals surface area contributed by atoms with Gasteiger partial charge in [-0.1, -0.05) is 36.4 Å². The molecule has 2 aliphatic heterocycles. The third-order valence-corrected chi connectivity index (χ3v) is 12.9. The van der Waals surface area contributed by atoms with Crippen molar-refractivity contribution < 1.29 is 38.7 Å². The van der Waals surface area contributed by atoms with Gasteiger partial charge in [-0.25, -0.2) is 0 Å². The van der Waals surface area contributed by atoms with Gasteiger partial charge in [0.25, 0.3) is 0 Å². The fraction of sp³-hybridized carbons (Fsp3) is 0.526. The molecule has 2 aromatic carbocycles. The summed E-state index contributed by atoms with van der Waals surface area (Å²) in [7, 11) is 0. The van der Waals surface area contributed by atoms with Gasteiger partial charge in [-0.2, -0.15) is 0 Å². The van der Waals surface area contributed by atoms with Gasteiger partial charge in [-0.05, 0) is 132 Å². The maximum absolute atomic E-state index is 12.3. The first-order valence-corrected chi connectivity index (χ1v) is 17.0. The van der Waals surface area contributed by atoms with Gasteiger partial charge in [-0.3, -0.25) is 9.59 Å². The fourth-order valence-corrected chi connectivity index (χ4v) is 11.4. The molecule has 0 amide bonds. The second-order valence-electron chi connectivity index (χ2n) is 14.7. The van der Waals surface area contributed by atoms with Crippen molar-refractivity contribution in [2.75, 3.05) is 13.6 Å². The predicted octanol–water partition coefficient (Wildman–Crippen LogP) is 6.23. The number of hydrogen-bond donors (Lipinski definition) is 2. The van der Waals surface area contributed by atoms with Crippen LogP contribution in [0.25, 0.3) is 0 Å². The van der Waals surface area contributed by atoms with Crippen LogP contribution < -0.4 is 18.9 Å². The Balaban J connectivity index is 1.000. The van der Waals surface area contributed by atoms with Crippen LogP contribution in [0, 0.1) is 71.0 Å². The third-order valence-electron chi connectivity index (χ3n) is 12.9. The van der Waals surface area contributed by atoms with E-state index in [1.54, 1.807) is 0 Å². The second-order valence-corrected chi connectivity index (χ2v) is 14.7. The Labute approximate surface area is 268 Å². The first-order valence-electron chi connectivity index (χ1n) is 17.0. The van der Waals surface area contributed by atoms with E-state index in [4.69, 9.17) is 18.9 Å². The average molecular weight is 625 g/mol. The van der Waals surface area contributed by atoms with Crippen LogP contribution in [0.15, 0.2) is 60.7 Å². The van der Waals surface area contributed by atoms with Crippen molar-refractivity contribution >= 4 is 11.9 Å². The number of hydrogen-bond acceptors (Lipinski definition) is 6. The van der Waals surface area contributed by atoms with Crippen LogP contribution in [0.2, 0.25) is 0 Å². The Hall–Kier alpha value is -3.94. The zero-order valence-corrected chi connectivity index (χ0v) is 25.7. The maximum Gasteiger partial charge on any atom is 0.303 e. The lowest BCUT2D eigenvalue weighted by atomic mass is 9.33. The number of rotatable bonds is 10. The molecule has 0 unspecified atom stereocenters. The molecular weight excluding hydrogens is 584 g/mol. The summed E-state index contributed by atoms with van der Waals surface area (Å²) in [6.07, 6.45) is 13.7. The molecular formula is C38H40O8. The van der Waals surface area contributed by atoms with E-state index in [0.29, 0.717) is 65.6 Å². The molecule has 46 heavy (non-hydrogen) atoms. The normalized spacial score (nSPS) is 37.9. The van der Waals surface area contributed by atoms with Crippen molar-refractivity contribution in [3.8, 4) is 23.0 Å². The van der Waals surface area contributed by atoms with Crippen LogP contribution in [0.1, 0.15) is 36.8 Å². The van der Waals surface area contributed by atoms with Crippen LogP contribution in [0.5, 0.6) is 23.0 Å². The summed E-state index contributed by atoms with van der Waals surface area (Å²) >= 11 is 0. The van der Waals surface area contributed by atoms with Crippen LogP contribution in [0.3, 0.4) is 0 Å². The van der Waals surface area contributed by atoms with E-state index in [1.165, 1.54) is 11.1 Å². The van der Waals surface area contributed by atoms with Crippen molar-refractivity contribution in [2.24, 2.45) is 71.0 Å². The van der Waals surface area contributed by atoms with Gasteiger partial charge < -0.3 is 29.2 Å². The van der Waals surface area contributed by atoms with E-state index in [0.717, 1.165) is 42.3 Å². The van der Waals surface area contributed by atoms with Crippen LogP contribution in [-0.4, -0.2) is 35.7 Å². The van der Waals surface area contributed by atoms with Gasteiger partial charge in [0.05, 0.1) is 0 Å². The smallest absolute Gasteiger partial charge is 0.303 e. The van der Waals surface area contributed by atoms with E-state index in [9.17, 15) is 19.8 Å². The summed E-state index contributed by atoms with van der Waals surface area (Å²) in [5.74, 6) is 6.60. The SMILES string of the molecule is O=C(O)CCC[C@H]1[C@H](Cc2ccc3c(c2)OCO3)[C@@H]2[C@@H]3C=C[C@@H]([C@@H]4[C@H]3C=C[C@H]3[C@@H](Cc5ccc6c(c5)OCO6)[C@H](CC(=O)O)[C@H]34)[C@H]12. The fourth-order valence-electron chi connectivity index (χ4n) is 11.4. The van der Waals surface area contributed by atoms with Crippen LogP contribution >= 0.6 is 0 Å². The summed E-state index contributed by atoms with van der Waals surface area (Å²) in [6, 6.07) is 12.4. The molecule has 8 nitrogen and oxygen atoms in total. The molecule has 0 saturated heterocycles. The van der Waals surface area contributed by atoms with Crippen molar-refractivity contribution in [2.45, 2.75) is 38.5 Å². The molecule has 0 aromatic heterocycles. The molecule has 0 spiro atoms. The number of fused-ring (bicyclic) bond motifs is 3. The molecule has 2 bridgehead atoms. The van der Waals surface area contributed by atoms with E-state index in [1.807, 2.05) is 12.1 Å². The Morgan fingerprint density at radius 1 is 0.587 bits per heavy atom. The zero-order chi connectivity index (χ0) is 31.1.